The number of hydrogen-bond donors (Lipinski definition) is 2. The summed E-state index contributed by atoms with van der Waals surface area (Å²) in [6.07, 6.45) is 0.902. The van der Waals surface area contributed by atoms with Gasteiger partial charge in [0.05, 0.1) is 11.1 Å². The van der Waals surface area contributed by atoms with Gasteiger partial charge in [0.25, 0.3) is 5.91 Å². The van der Waals surface area contributed by atoms with Crippen LogP contribution in [0.3, 0.4) is 0 Å². The molecule has 1 unspecified atom stereocenters. The summed E-state index contributed by atoms with van der Waals surface area (Å²) in [6, 6.07) is 12.6. The maximum absolute atomic E-state index is 12.3. The molecule has 1 aliphatic rings. The molecule has 0 aliphatic carbocycles. The van der Waals surface area contributed by atoms with Crippen molar-refractivity contribution < 1.29 is 9.90 Å². The van der Waals surface area contributed by atoms with Gasteiger partial charge < -0.3 is 10.4 Å². The number of aromatic hydroxyl groups is 1. The highest BCUT2D eigenvalue weighted by Gasteiger charge is 2.22. The largest absolute Gasteiger partial charge is 0.506 e. The fourth-order valence-corrected chi connectivity index (χ4v) is 3.69. The van der Waals surface area contributed by atoms with E-state index >= 15 is 0 Å². The van der Waals surface area contributed by atoms with Gasteiger partial charge in [-0.2, -0.15) is 0 Å². The van der Waals surface area contributed by atoms with E-state index in [9.17, 15) is 9.90 Å². The molecule has 0 aromatic heterocycles. The summed E-state index contributed by atoms with van der Waals surface area (Å²) < 4.78 is 0. The third-order valence-corrected chi connectivity index (χ3v) is 4.90. The lowest BCUT2D eigenvalue weighted by Gasteiger charge is -2.25. The monoisotopic (exact) mass is 319 g/mol. The van der Waals surface area contributed by atoms with Crippen LogP contribution in [0, 0.1) is 0 Å². The molecule has 0 saturated heterocycles. The van der Waals surface area contributed by atoms with Crippen molar-refractivity contribution in [2.24, 2.45) is 0 Å². The first-order valence-corrected chi connectivity index (χ1v) is 8.02. The molecule has 2 N–H and O–H groups in total. The van der Waals surface area contributed by atoms with Crippen molar-refractivity contribution in [3.8, 4) is 5.75 Å². The fourth-order valence-electron chi connectivity index (χ4n) is 2.38. The first-order chi connectivity index (χ1) is 10.1. The Labute approximate surface area is 132 Å². The number of hydrogen-bond acceptors (Lipinski definition) is 3. The molecule has 2 aromatic rings. The quantitative estimate of drug-likeness (QED) is 0.879. The van der Waals surface area contributed by atoms with Crippen molar-refractivity contribution in [1.82, 2.24) is 5.32 Å². The van der Waals surface area contributed by atoms with E-state index in [1.54, 1.807) is 6.07 Å². The zero-order valence-electron chi connectivity index (χ0n) is 11.2. The van der Waals surface area contributed by atoms with E-state index in [-0.39, 0.29) is 22.7 Å². The predicted octanol–water partition coefficient (Wildman–Crippen LogP) is 4.01. The second-order valence-corrected chi connectivity index (χ2v) is 6.41. The third kappa shape index (κ3) is 3.01. The Morgan fingerprint density at radius 2 is 2.10 bits per heavy atom. The fraction of sp³-hybridized carbons (Fsp3) is 0.188. The predicted molar refractivity (Wildman–Crippen MR) is 85.1 cm³/mol. The maximum Gasteiger partial charge on any atom is 0.251 e. The average Bonchev–Trinajstić information content (AvgIpc) is 2.50. The van der Waals surface area contributed by atoms with E-state index in [4.69, 9.17) is 11.6 Å². The Hall–Kier alpha value is -1.65. The molecule has 0 radical (unpaired) electrons. The molecule has 21 heavy (non-hydrogen) atoms. The Bertz CT molecular complexity index is 690. The van der Waals surface area contributed by atoms with Crippen LogP contribution in [0.4, 0.5) is 0 Å². The molecule has 1 aliphatic heterocycles. The van der Waals surface area contributed by atoms with Crippen LogP contribution in [0.2, 0.25) is 5.02 Å². The topological polar surface area (TPSA) is 49.3 Å². The number of carbonyl (C=O) groups is 1. The highest BCUT2D eigenvalue weighted by Crippen LogP contribution is 2.36. The normalized spacial score (nSPS) is 17.1. The van der Waals surface area contributed by atoms with Crippen LogP contribution in [0.5, 0.6) is 5.75 Å². The van der Waals surface area contributed by atoms with Gasteiger partial charge >= 0.3 is 0 Å². The molecule has 108 valence electrons. The highest BCUT2D eigenvalue weighted by atomic mass is 35.5. The molecular weight excluding hydrogens is 306 g/mol. The van der Waals surface area contributed by atoms with Crippen LogP contribution >= 0.6 is 23.4 Å². The number of thioether (sulfide) groups is 1. The van der Waals surface area contributed by atoms with Crippen molar-refractivity contribution >= 4 is 29.3 Å². The number of fused-ring (bicyclic) bond motifs is 1. The number of benzene rings is 2. The van der Waals surface area contributed by atoms with Gasteiger partial charge in [-0.15, -0.1) is 11.8 Å². The Morgan fingerprint density at radius 1 is 1.29 bits per heavy atom. The molecule has 1 heterocycles. The van der Waals surface area contributed by atoms with Crippen LogP contribution in [0.1, 0.15) is 28.4 Å². The van der Waals surface area contributed by atoms with E-state index < -0.39 is 0 Å². The molecule has 3 rings (SSSR count). The lowest BCUT2D eigenvalue weighted by atomic mass is 10.0. The minimum absolute atomic E-state index is 0.0162. The summed E-state index contributed by atoms with van der Waals surface area (Å²) in [4.78, 5) is 13.5. The number of carbonyl (C=O) groups excluding carboxylic acids is 1. The number of rotatable bonds is 2. The average molecular weight is 320 g/mol. The second kappa shape index (κ2) is 6.00. The molecule has 2 aromatic carbocycles. The van der Waals surface area contributed by atoms with Crippen molar-refractivity contribution in [1.29, 1.82) is 0 Å². The van der Waals surface area contributed by atoms with Crippen molar-refractivity contribution in [3.05, 3.63) is 58.6 Å². The van der Waals surface area contributed by atoms with Gasteiger partial charge in [0.15, 0.2) is 0 Å². The minimum Gasteiger partial charge on any atom is -0.506 e. The lowest BCUT2D eigenvalue weighted by molar-refractivity contribution is 0.0935. The van der Waals surface area contributed by atoms with Crippen LogP contribution in [0.15, 0.2) is 47.4 Å². The van der Waals surface area contributed by atoms with Gasteiger partial charge in [0, 0.05) is 16.2 Å². The van der Waals surface area contributed by atoms with Gasteiger partial charge in [0.1, 0.15) is 5.75 Å². The van der Waals surface area contributed by atoms with Gasteiger partial charge in [-0.3, -0.25) is 4.79 Å². The minimum atomic E-state index is -0.177. The van der Waals surface area contributed by atoms with Gasteiger partial charge in [0.2, 0.25) is 0 Å². The number of halogens is 1. The summed E-state index contributed by atoms with van der Waals surface area (Å²) in [5, 5.41) is 12.6. The van der Waals surface area contributed by atoms with E-state index in [0.29, 0.717) is 5.56 Å². The zero-order valence-corrected chi connectivity index (χ0v) is 12.7. The molecule has 1 atom stereocenters. The molecule has 0 spiro atoms. The maximum atomic E-state index is 12.3. The zero-order chi connectivity index (χ0) is 14.8. The molecule has 0 saturated carbocycles. The third-order valence-electron chi connectivity index (χ3n) is 3.47. The molecule has 1 amide bonds. The van der Waals surface area contributed by atoms with E-state index in [2.05, 4.69) is 17.4 Å². The number of nitrogens with one attached hydrogen (secondary N) is 1. The summed E-state index contributed by atoms with van der Waals surface area (Å²) in [6.45, 7) is 0. The smallest absolute Gasteiger partial charge is 0.251 e. The highest BCUT2D eigenvalue weighted by molar-refractivity contribution is 7.99. The first-order valence-electron chi connectivity index (χ1n) is 6.66. The van der Waals surface area contributed by atoms with E-state index in [0.717, 1.165) is 17.7 Å². The molecule has 3 nitrogen and oxygen atoms in total. The summed E-state index contributed by atoms with van der Waals surface area (Å²) >= 11 is 7.66. The van der Waals surface area contributed by atoms with E-state index in [1.807, 2.05) is 23.9 Å². The number of phenols is 1. The van der Waals surface area contributed by atoms with Crippen LogP contribution < -0.4 is 5.32 Å². The Balaban J connectivity index is 1.81. The van der Waals surface area contributed by atoms with Crippen LogP contribution in [0.25, 0.3) is 0 Å². The first kappa shape index (κ1) is 14.3. The second-order valence-electron chi connectivity index (χ2n) is 4.87. The van der Waals surface area contributed by atoms with E-state index in [1.165, 1.54) is 17.0 Å². The lowest BCUT2D eigenvalue weighted by Crippen LogP contribution is -2.30. The number of phenolic OH excluding ortho intramolecular Hbond substituents is 1. The van der Waals surface area contributed by atoms with Crippen LogP contribution in [-0.2, 0) is 0 Å². The van der Waals surface area contributed by atoms with Crippen molar-refractivity contribution in [2.75, 3.05) is 5.75 Å². The van der Waals surface area contributed by atoms with Gasteiger partial charge in [-0.05, 0) is 36.2 Å². The van der Waals surface area contributed by atoms with Gasteiger partial charge in [-0.1, -0.05) is 29.8 Å². The molecule has 5 heteroatoms. The van der Waals surface area contributed by atoms with Gasteiger partial charge in [-0.25, -0.2) is 0 Å². The van der Waals surface area contributed by atoms with Crippen LogP contribution in [-0.4, -0.2) is 16.8 Å². The SMILES string of the molecule is O=C(NC1CCSc2ccccc21)c1ccc(O)c(Cl)c1. The van der Waals surface area contributed by atoms with Crippen molar-refractivity contribution in [3.63, 3.8) is 0 Å². The van der Waals surface area contributed by atoms with Crippen molar-refractivity contribution in [2.45, 2.75) is 17.4 Å². The summed E-state index contributed by atoms with van der Waals surface area (Å²) in [5.74, 6) is 0.786. The molecule has 0 bridgehead atoms. The molecular formula is C16H14ClNO2S. The standard InChI is InChI=1S/C16H14ClNO2S/c17-12-9-10(5-6-14(12)19)16(20)18-13-7-8-21-15-4-2-1-3-11(13)15/h1-6,9,13,19H,7-8H2,(H,18,20). The summed E-state index contributed by atoms with van der Waals surface area (Å²) in [5.41, 5.74) is 1.61. The Kier molecular flexibility index (Phi) is 4.08. The number of amides is 1. The molecule has 0 fully saturated rings. The summed E-state index contributed by atoms with van der Waals surface area (Å²) in [7, 11) is 0. The Morgan fingerprint density at radius 3 is 2.90 bits per heavy atom.